The maximum Gasteiger partial charge on any atom is 0.344 e. The van der Waals surface area contributed by atoms with Crippen molar-refractivity contribution >= 4 is 24.0 Å². The molecular weight excluding hydrogens is 430 g/mol. The van der Waals surface area contributed by atoms with Crippen LogP contribution in [0.15, 0.2) is 47.6 Å². The van der Waals surface area contributed by atoms with Crippen molar-refractivity contribution in [2.24, 2.45) is 5.10 Å². The van der Waals surface area contributed by atoms with Crippen LogP contribution < -0.4 is 25.0 Å². The second kappa shape index (κ2) is 13.4. The highest BCUT2D eigenvalue weighted by Crippen LogP contribution is 2.27. The van der Waals surface area contributed by atoms with Crippen LogP contribution in [0.3, 0.4) is 0 Å². The molecule has 0 atom stereocenters. The van der Waals surface area contributed by atoms with Crippen molar-refractivity contribution in [2.75, 3.05) is 34.0 Å². The van der Waals surface area contributed by atoms with Crippen molar-refractivity contribution < 1.29 is 33.3 Å². The number of methoxy groups -OCH3 is 2. The molecule has 10 heteroatoms. The van der Waals surface area contributed by atoms with E-state index in [9.17, 15) is 14.4 Å². The first-order chi connectivity index (χ1) is 16.0. The van der Waals surface area contributed by atoms with Crippen LogP contribution in [-0.4, -0.2) is 58.0 Å². The summed E-state index contributed by atoms with van der Waals surface area (Å²) in [7, 11) is 3.01. The highest BCUT2D eigenvalue weighted by molar-refractivity contribution is 5.94. The lowest BCUT2D eigenvalue weighted by Gasteiger charge is -2.10. The summed E-state index contributed by atoms with van der Waals surface area (Å²) >= 11 is 0. The van der Waals surface area contributed by atoms with Gasteiger partial charge in [-0.15, -0.1) is 0 Å². The number of nitrogens with zero attached hydrogens (tertiary/aromatic N) is 1. The molecular formula is C23H27N3O7. The highest BCUT2D eigenvalue weighted by Gasteiger charge is 2.09. The van der Waals surface area contributed by atoms with E-state index in [4.69, 9.17) is 18.9 Å². The number of hydrazone groups is 1. The molecule has 0 fully saturated rings. The normalized spacial score (nSPS) is 10.4. The third-order valence-corrected chi connectivity index (χ3v) is 4.23. The molecule has 176 valence electrons. The molecule has 0 bridgehead atoms. The molecule has 0 heterocycles. The van der Waals surface area contributed by atoms with E-state index in [1.807, 2.05) is 0 Å². The number of rotatable bonds is 12. The van der Waals surface area contributed by atoms with Gasteiger partial charge in [-0.25, -0.2) is 10.2 Å². The van der Waals surface area contributed by atoms with Crippen molar-refractivity contribution in [1.82, 2.24) is 10.7 Å². The van der Waals surface area contributed by atoms with E-state index in [0.29, 0.717) is 28.4 Å². The van der Waals surface area contributed by atoms with Gasteiger partial charge < -0.3 is 24.3 Å². The van der Waals surface area contributed by atoms with E-state index in [1.165, 1.54) is 13.3 Å². The van der Waals surface area contributed by atoms with Gasteiger partial charge in [0.05, 0.1) is 27.0 Å². The Morgan fingerprint density at radius 2 is 1.76 bits per heavy atom. The van der Waals surface area contributed by atoms with E-state index in [0.717, 1.165) is 0 Å². The van der Waals surface area contributed by atoms with E-state index < -0.39 is 5.97 Å². The minimum atomic E-state index is -0.479. The first-order valence-corrected chi connectivity index (χ1v) is 10.2. The van der Waals surface area contributed by atoms with Crippen molar-refractivity contribution in [1.29, 1.82) is 0 Å². The average Bonchev–Trinajstić information content (AvgIpc) is 2.83. The number of carbonyl (C=O) groups excluding carboxylic acids is 3. The van der Waals surface area contributed by atoms with Crippen LogP contribution in [0.25, 0.3) is 0 Å². The van der Waals surface area contributed by atoms with Crippen LogP contribution in [0, 0.1) is 0 Å². The fourth-order valence-electron chi connectivity index (χ4n) is 2.59. The first kappa shape index (κ1) is 25.2. The lowest BCUT2D eigenvalue weighted by molar-refractivity contribution is -0.145. The molecule has 0 unspecified atom stereocenters. The summed E-state index contributed by atoms with van der Waals surface area (Å²) in [6, 6.07) is 11.6. The van der Waals surface area contributed by atoms with Crippen LogP contribution in [0.4, 0.5) is 0 Å². The molecule has 2 N–H and O–H groups in total. The molecule has 0 aliphatic carbocycles. The zero-order valence-corrected chi connectivity index (χ0v) is 18.8. The van der Waals surface area contributed by atoms with Gasteiger partial charge in [0.15, 0.2) is 18.1 Å². The third kappa shape index (κ3) is 8.52. The number of esters is 1. The quantitative estimate of drug-likeness (QED) is 0.283. The Kier molecular flexibility index (Phi) is 10.2. The Bertz CT molecular complexity index is 975. The lowest BCUT2D eigenvalue weighted by atomic mass is 10.2. The first-order valence-electron chi connectivity index (χ1n) is 10.2. The molecule has 2 amide bonds. The van der Waals surface area contributed by atoms with E-state index in [1.54, 1.807) is 56.5 Å². The highest BCUT2D eigenvalue weighted by atomic mass is 16.6. The summed E-state index contributed by atoms with van der Waals surface area (Å²) in [5.74, 6) is 0.303. The van der Waals surface area contributed by atoms with Crippen LogP contribution in [-0.2, 0) is 14.3 Å². The maximum atomic E-state index is 12.1. The molecule has 2 rings (SSSR count). The third-order valence-electron chi connectivity index (χ3n) is 4.23. The van der Waals surface area contributed by atoms with Crippen LogP contribution in [0.2, 0.25) is 0 Å². The Morgan fingerprint density at radius 3 is 2.42 bits per heavy atom. The second-order valence-electron chi connectivity index (χ2n) is 6.53. The summed E-state index contributed by atoms with van der Waals surface area (Å²) in [5.41, 5.74) is 3.51. The number of hydrogen-bond donors (Lipinski definition) is 2. The number of nitrogens with one attached hydrogen (secondary N) is 2. The largest absolute Gasteiger partial charge is 0.497 e. The van der Waals surface area contributed by atoms with Gasteiger partial charge in [0.1, 0.15) is 5.75 Å². The standard InChI is InChI=1S/C23H27N3O7/c1-4-32-22(28)15-33-19-10-5-16(13-20(19)31-3)14-25-26-21(27)11-12-24-23(29)17-6-8-18(30-2)9-7-17/h5-10,13-14H,4,11-12,15H2,1-3H3,(H,24,29)(H,26,27). The van der Waals surface area contributed by atoms with E-state index >= 15 is 0 Å². The smallest absolute Gasteiger partial charge is 0.344 e. The van der Waals surface area contributed by atoms with Crippen LogP contribution in [0.1, 0.15) is 29.3 Å². The molecule has 10 nitrogen and oxygen atoms in total. The summed E-state index contributed by atoms with van der Waals surface area (Å²) < 4.78 is 20.5. The molecule has 0 aromatic heterocycles. The lowest BCUT2D eigenvalue weighted by Crippen LogP contribution is -2.29. The molecule has 2 aromatic rings. The van der Waals surface area contributed by atoms with Gasteiger partial charge in [-0.1, -0.05) is 0 Å². The molecule has 0 aliphatic rings. The molecule has 33 heavy (non-hydrogen) atoms. The van der Waals surface area contributed by atoms with Crippen LogP contribution >= 0.6 is 0 Å². The van der Waals surface area contributed by atoms with Gasteiger partial charge in [-0.05, 0) is 55.0 Å². The minimum Gasteiger partial charge on any atom is -0.497 e. The summed E-state index contributed by atoms with van der Waals surface area (Å²) in [4.78, 5) is 35.4. The van der Waals surface area contributed by atoms with Crippen molar-refractivity contribution in [2.45, 2.75) is 13.3 Å². The number of hydrogen-bond acceptors (Lipinski definition) is 8. The topological polar surface area (TPSA) is 125 Å². The van der Waals surface area contributed by atoms with Gasteiger partial charge >= 0.3 is 5.97 Å². The molecule has 2 aromatic carbocycles. The van der Waals surface area contributed by atoms with Gasteiger partial charge in [-0.2, -0.15) is 5.10 Å². The van der Waals surface area contributed by atoms with Gasteiger partial charge in [0.25, 0.3) is 5.91 Å². The number of amides is 2. The van der Waals surface area contributed by atoms with Gasteiger partial charge in [0.2, 0.25) is 5.91 Å². The Hall–Kier alpha value is -4.08. The fourth-order valence-corrected chi connectivity index (χ4v) is 2.59. The summed E-state index contributed by atoms with van der Waals surface area (Å²) in [6.45, 7) is 1.91. The van der Waals surface area contributed by atoms with E-state index in [2.05, 4.69) is 15.8 Å². The van der Waals surface area contributed by atoms with Crippen molar-refractivity contribution in [3.63, 3.8) is 0 Å². The zero-order valence-electron chi connectivity index (χ0n) is 18.8. The van der Waals surface area contributed by atoms with Crippen LogP contribution in [0.5, 0.6) is 17.2 Å². The van der Waals surface area contributed by atoms with Crippen molar-refractivity contribution in [3.05, 3.63) is 53.6 Å². The van der Waals surface area contributed by atoms with Crippen molar-refractivity contribution in [3.8, 4) is 17.2 Å². The summed E-state index contributed by atoms with van der Waals surface area (Å²) in [5, 5.41) is 6.57. The number of ether oxygens (including phenoxy) is 4. The zero-order chi connectivity index (χ0) is 24.1. The Morgan fingerprint density at radius 1 is 1.00 bits per heavy atom. The molecule has 0 spiro atoms. The monoisotopic (exact) mass is 457 g/mol. The molecule has 0 saturated heterocycles. The average molecular weight is 457 g/mol. The predicted octanol–water partition coefficient (Wildman–Crippen LogP) is 1.92. The minimum absolute atomic E-state index is 0.0587. The molecule has 0 aliphatic heterocycles. The van der Waals surface area contributed by atoms with E-state index in [-0.39, 0.29) is 38.0 Å². The second-order valence-corrected chi connectivity index (χ2v) is 6.53. The Labute approximate surface area is 191 Å². The maximum absolute atomic E-state index is 12.1. The molecule has 0 saturated carbocycles. The predicted molar refractivity (Wildman–Crippen MR) is 121 cm³/mol. The summed E-state index contributed by atoms with van der Waals surface area (Å²) in [6.07, 6.45) is 1.49. The van der Waals surface area contributed by atoms with Gasteiger partial charge in [-0.3, -0.25) is 9.59 Å². The fraction of sp³-hybridized carbons (Fsp3) is 0.304. The number of carbonyl (C=O) groups is 3. The van der Waals surface area contributed by atoms with Gasteiger partial charge in [0, 0.05) is 18.5 Å². The SMILES string of the molecule is CCOC(=O)COc1ccc(C=NNC(=O)CCNC(=O)c2ccc(OC)cc2)cc1OC. The molecule has 0 radical (unpaired) electrons. The number of benzene rings is 2. The Balaban J connectivity index is 1.78.